The van der Waals surface area contributed by atoms with Crippen LogP contribution < -0.4 is 0 Å². The number of furan rings is 1. The minimum absolute atomic E-state index is 0.153. The predicted octanol–water partition coefficient (Wildman–Crippen LogP) is 5.08. The standard InChI is InChI=1S/C15H8BrClO2/c16-12-3-1-2-10-8-13(19-15(10)12)14(18)9-4-6-11(17)7-5-9/h1-8H. The molecule has 2 nitrogen and oxygen atoms in total. The first-order valence-electron chi connectivity index (χ1n) is 5.63. The lowest BCUT2D eigenvalue weighted by atomic mass is 10.1. The van der Waals surface area contributed by atoms with Crippen LogP contribution in [0.3, 0.4) is 0 Å². The van der Waals surface area contributed by atoms with Crippen molar-refractivity contribution in [3.63, 3.8) is 0 Å². The highest BCUT2D eigenvalue weighted by molar-refractivity contribution is 9.10. The van der Waals surface area contributed by atoms with Gasteiger partial charge in [-0.25, -0.2) is 0 Å². The Labute approximate surface area is 123 Å². The quantitative estimate of drug-likeness (QED) is 0.611. The molecule has 3 rings (SSSR count). The molecule has 2 aromatic carbocycles. The molecule has 3 aromatic rings. The van der Waals surface area contributed by atoms with Crippen LogP contribution in [0.15, 0.2) is 57.4 Å². The Morgan fingerprint density at radius 2 is 1.84 bits per heavy atom. The van der Waals surface area contributed by atoms with Crippen LogP contribution in [0.4, 0.5) is 0 Å². The number of carbonyl (C=O) groups is 1. The Hall–Kier alpha value is -1.58. The molecular formula is C15H8BrClO2. The van der Waals surface area contributed by atoms with Gasteiger partial charge in [-0.15, -0.1) is 0 Å². The molecule has 0 saturated heterocycles. The number of halogens is 2. The van der Waals surface area contributed by atoms with E-state index in [2.05, 4.69) is 15.9 Å². The Bertz CT molecular complexity index is 759. The molecule has 0 amide bonds. The fraction of sp³-hybridized carbons (Fsp3) is 0. The maximum atomic E-state index is 12.3. The van der Waals surface area contributed by atoms with E-state index in [1.165, 1.54) is 0 Å². The van der Waals surface area contributed by atoms with Crippen LogP contribution in [0.5, 0.6) is 0 Å². The molecule has 94 valence electrons. The van der Waals surface area contributed by atoms with Gasteiger partial charge in [0.15, 0.2) is 5.76 Å². The van der Waals surface area contributed by atoms with E-state index in [-0.39, 0.29) is 5.78 Å². The van der Waals surface area contributed by atoms with Gasteiger partial charge in [0.2, 0.25) is 5.78 Å². The van der Waals surface area contributed by atoms with Crippen molar-refractivity contribution in [1.82, 2.24) is 0 Å². The smallest absolute Gasteiger partial charge is 0.228 e. The van der Waals surface area contributed by atoms with Crippen LogP contribution in [-0.2, 0) is 0 Å². The molecule has 4 heteroatoms. The second-order valence-electron chi connectivity index (χ2n) is 4.10. The molecule has 19 heavy (non-hydrogen) atoms. The van der Waals surface area contributed by atoms with Crippen LogP contribution >= 0.6 is 27.5 Å². The zero-order valence-electron chi connectivity index (χ0n) is 9.69. The lowest BCUT2D eigenvalue weighted by Crippen LogP contribution is -1.98. The van der Waals surface area contributed by atoms with Crippen LogP contribution in [0.1, 0.15) is 16.1 Å². The third-order valence-corrected chi connectivity index (χ3v) is 3.70. The van der Waals surface area contributed by atoms with E-state index in [1.54, 1.807) is 30.3 Å². The third-order valence-electron chi connectivity index (χ3n) is 2.83. The minimum atomic E-state index is -0.153. The number of benzene rings is 2. The molecule has 0 aliphatic heterocycles. The highest BCUT2D eigenvalue weighted by Gasteiger charge is 2.15. The average Bonchev–Trinajstić information content (AvgIpc) is 2.84. The van der Waals surface area contributed by atoms with Gasteiger partial charge in [0, 0.05) is 16.0 Å². The first kappa shape index (κ1) is 12.5. The summed E-state index contributed by atoms with van der Waals surface area (Å²) in [7, 11) is 0. The fourth-order valence-electron chi connectivity index (χ4n) is 1.88. The summed E-state index contributed by atoms with van der Waals surface area (Å²) >= 11 is 9.21. The summed E-state index contributed by atoms with van der Waals surface area (Å²) in [6.45, 7) is 0. The molecule has 0 bridgehead atoms. The van der Waals surface area contributed by atoms with Gasteiger partial charge in [-0.2, -0.15) is 0 Å². The van der Waals surface area contributed by atoms with Crippen molar-refractivity contribution < 1.29 is 9.21 Å². The summed E-state index contributed by atoms with van der Waals surface area (Å²) in [6, 6.07) is 14.2. The number of para-hydroxylation sites is 1. The van der Waals surface area contributed by atoms with Gasteiger partial charge in [0.1, 0.15) is 5.58 Å². The summed E-state index contributed by atoms with van der Waals surface area (Å²) in [5, 5.41) is 1.50. The first-order valence-corrected chi connectivity index (χ1v) is 6.80. The van der Waals surface area contributed by atoms with Crippen LogP contribution in [0, 0.1) is 0 Å². The second-order valence-corrected chi connectivity index (χ2v) is 5.40. The summed E-state index contributed by atoms with van der Waals surface area (Å²) in [5.74, 6) is 0.170. The molecule has 0 atom stereocenters. The monoisotopic (exact) mass is 334 g/mol. The summed E-state index contributed by atoms with van der Waals surface area (Å²) < 4.78 is 6.45. The summed E-state index contributed by atoms with van der Waals surface area (Å²) in [5.41, 5.74) is 1.24. The van der Waals surface area contributed by atoms with E-state index >= 15 is 0 Å². The number of carbonyl (C=O) groups excluding carboxylic acids is 1. The largest absolute Gasteiger partial charge is 0.451 e. The van der Waals surface area contributed by atoms with Gasteiger partial charge in [0.05, 0.1) is 4.47 Å². The second kappa shape index (κ2) is 4.83. The van der Waals surface area contributed by atoms with E-state index in [0.29, 0.717) is 21.9 Å². The molecular weight excluding hydrogens is 328 g/mol. The van der Waals surface area contributed by atoms with Crippen molar-refractivity contribution in [1.29, 1.82) is 0 Å². The molecule has 0 N–H and O–H groups in total. The Kier molecular flexibility index (Phi) is 3.17. The van der Waals surface area contributed by atoms with E-state index in [0.717, 1.165) is 9.86 Å². The van der Waals surface area contributed by atoms with Gasteiger partial charge in [-0.3, -0.25) is 4.79 Å². The van der Waals surface area contributed by atoms with Crippen molar-refractivity contribution in [2.24, 2.45) is 0 Å². The van der Waals surface area contributed by atoms with Crippen molar-refractivity contribution >= 4 is 44.3 Å². The summed E-state index contributed by atoms with van der Waals surface area (Å²) in [4.78, 5) is 12.3. The zero-order valence-corrected chi connectivity index (χ0v) is 12.0. The highest BCUT2D eigenvalue weighted by Crippen LogP contribution is 2.28. The normalized spacial score (nSPS) is 10.8. The van der Waals surface area contributed by atoms with E-state index in [4.69, 9.17) is 16.0 Å². The van der Waals surface area contributed by atoms with Gasteiger partial charge >= 0.3 is 0 Å². The average molecular weight is 336 g/mol. The first-order chi connectivity index (χ1) is 9.15. The fourth-order valence-corrected chi connectivity index (χ4v) is 2.47. The number of ketones is 1. The van der Waals surface area contributed by atoms with Crippen molar-refractivity contribution in [3.05, 3.63) is 69.3 Å². The molecule has 0 unspecified atom stereocenters. The van der Waals surface area contributed by atoms with Crippen LogP contribution in [0.2, 0.25) is 5.02 Å². The molecule has 0 fully saturated rings. The lowest BCUT2D eigenvalue weighted by Gasteiger charge is -1.97. The van der Waals surface area contributed by atoms with E-state index in [1.807, 2.05) is 18.2 Å². The Balaban J connectivity index is 2.06. The van der Waals surface area contributed by atoms with Gasteiger partial charge in [0.25, 0.3) is 0 Å². The molecule has 0 radical (unpaired) electrons. The van der Waals surface area contributed by atoms with E-state index in [9.17, 15) is 4.79 Å². The lowest BCUT2D eigenvalue weighted by molar-refractivity contribution is 0.101. The van der Waals surface area contributed by atoms with Crippen LogP contribution in [-0.4, -0.2) is 5.78 Å². The topological polar surface area (TPSA) is 30.2 Å². The van der Waals surface area contributed by atoms with Gasteiger partial charge in [-0.05, 0) is 52.3 Å². The minimum Gasteiger partial charge on any atom is -0.451 e. The maximum Gasteiger partial charge on any atom is 0.228 e. The predicted molar refractivity (Wildman–Crippen MR) is 78.8 cm³/mol. The number of hydrogen-bond acceptors (Lipinski definition) is 2. The van der Waals surface area contributed by atoms with Crippen molar-refractivity contribution in [2.45, 2.75) is 0 Å². The highest BCUT2D eigenvalue weighted by atomic mass is 79.9. The molecule has 1 heterocycles. The Morgan fingerprint density at radius 3 is 2.53 bits per heavy atom. The third kappa shape index (κ3) is 2.31. The maximum absolute atomic E-state index is 12.3. The Morgan fingerprint density at radius 1 is 1.11 bits per heavy atom. The SMILES string of the molecule is O=C(c1ccc(Cl)cc1)c1cc2cccc(Br)c2o1. The van der Waals surface area contributed by atoms with Gasteiger partial charge < -0.3 is 4.42 Å². The number of fused-ring (bicyclic) bond motifs is 1. The molecule has 0 saturated carbocycles. The van der Waals surface area contributed by atoms with E-state index < -0.39 is 0 Å². The molecule has 0 spiro atoms. The zero-order chi connectivity index (χ0) is 13.4. The molecule has 0 aliphatic carbocycles. The van der Waals surface area contributed by atoms with Crippen LogP contribution in [0.25, 0.3) is 11.0 Å². The number of hydrogen-bond donors (Lipinski definition) is 0. The summed E-state index contributed by atoms with van der Waals surface area (Å²) in [6.07, 6.45) is 0. The van der Waals surface area contributed by atoms with Crippen molar-refractivity contribution in [3.8, 4) is 0 Å². The van der Waals surface area contributed by atoms with Gasteiger partial charge in [-0.1, -0.05) is 23.7 Å². The number of rotatable bonds is 2. The molecule has 0 aliphatic rings. The van der Waals surface area contributed by atoms with Crippen molar-refractivity contribution in [2.75, 3.05) is 0 Å². The molecule has 1 aromatic heterocycles.